The molecule has 0 fully saturated rings. The zero-order valence-electron chi connectivity index (χ0n) is 17.8. The van der Waals surface area contributed by atoms with Crippen LogP contribution >= 0.6 is 0 Å². The van der Waals surface area contributed by atoms with Crippen LogP contribution in [0, 0.1) is 0 Å². The van der Waals surface area contributed by atoms with Gasteiger partial charge in [-0.15, -0.1) is 0 Å². The molecular formula is C20H32O7Si2. The van der Waals surface area contributed by atoms with Crippen LogP contribution in [-0.4, -0.2) is 51.3 Å². The van der Waals surface area contributed by atoms with Crippen LogP contribution in [0.1, 0.15) is 24.0 Å². The normalized spacial score (nSPS) is 18.6. The van der Waals surface area contributed by atoms with Crippen molar-refractivity contribution in [2.45, 2.75) is 44.5 Å². The van der Waals surface area contributed by atoms with Crippen molar-refractivity contribution < 1.29 is 31.7 Å². The van der Waals surface area contributed by atoms with Crippen molar-refractivity contribution in [3.05, 3.63) is 42.0 Å². The minimum atomic E-state index is -2.53. The van der Waals surface area contributed by atoms with Gasteiger partial charge in [-0.25, -0.2) is 4.79 Å². The maximum Gasteiger partial charge on any atom is 0.500 e. The van der Waals surface area contributed by atoms with E-state index < -0.39 is 23.3 Å². The summed E-state index contributed by atoms with van der Waals surface area (Å²) in [5.74, 6) is 0.494. The van der Waals surface area contributed by atoms with Crippen LogP contribution in [0.15, 0.2) is 30.9 Å². The highest BCUT2D eigenvalue weighted by molar-refractivity contribution is 6.67. The first-order valence-corrected chi connectivity index (χ1v) is 14.2. The van der Waals surface area contributed by atoms with E-state index >= 15 is 0 Å². The molecule has 0 N–H and O–H groups in total. The standard InChI is InChI=1S/C20H32O7Si2/c1-6-20(21)25-12-8-13-28(5)26-16-18-15-17(10-11-19(18)27-28)9-7-14-29(22-2,23-3)24-4/h6,10-11,15H,1,7-9,12-14,16H2,2-5H3. The van der Waals surface area contributed by atoms with E-state index in [1.54, 1.807) is 21.3 Å². The SMILES string of the molecule is C=CC(=O)OCCC[Si]1(C)OCc2cc(CCC[Si](OC)(OC)OC)ccc2O1. The van der Waals surface area contributed by atoms with Gasteiger partial charge in [0.1, 0.15) is 5.75 Å². The number of carbonyl (C=O) groups is 1. The van der Waals surface area contributed by atoms with E-state index in [1.165, 1.54) is 11.6 Å². The van der Waals surface area contributed by atoms with E-state index in [0.29, 0.717) is 19.6 Å². The molecule has 1 aliphatic rings. The summed E-state index contributed by atoms with van der Waals surface area (Å²) >= 11 is 0. The van der Waals surface area contributed by atoms with Gasteiger partial charge in [-0.3, -0.25) is 0 Å². The van der Waals surface area contributed by atoms with Crippen molar-refractivity contribution >= 4 is 23.3 Å². The molecular weight excluding hydrogens is 408 g/mol. The summed E-state index contributed by atoms with van der Waals surface area (Å²) in [6.07, 6.45) is 3.70. The molecule has 1 aliphatic heterocycles. The fourth-order valence-corrected chi connectivity index (χ4v) is 7.25. The Bertz CT molecular complexity index is 685. The van der Waals surface area contributed by atoms with Gasteiger partial charge in [-0.05, 0) is 43.5 Å². The molecule has 1 unspecified atom stereocenters. The largest absolute Gasteiger partial charge is 0.520 e. The van der Waals surface area contributed by atoms with Crippen LogP contribution in [-0.2, 0) is 40.3 Å². The topological polar surface area (TPSA) is 72.5 Å². The van der Waals surface area contributed by atoms with Gasteiger partial charge in [-0.2, -0.15) is 0 Å². The number of aryl methyl sites for hydroxylation is 1. The van der Waals surface area contributed by atoms with Crippen LogP contribution < -0.4 is 4.43 Å². The van der Waals surface area contributed by atoms with Crippen LogP contribution in [0.4, 0.5) is 0 Å². The predicted octanol–water partition coefficient (Wildman–Crippen LogP) is 3.60. The summed E-state index contributed by atoms with van der Waals surface area (Å²) in [6, 6.07) is 7.80. The molecule has 0 radical (unpaired) electrons. The lowest BCUT2D eigenvalue weighted by molar-refractivity contribution is -0.137. The van der Waals surface area contributed by atoms with Gasteiger partial charge in [-0.1, -0.05) is 12.6 Å². The van der Waals surface area contributed by atoms with Crippen LogP contribution in [0.5, 0.6) is 5.75 Å². The quantitative estimate of drug-likeness (QED) is 0.213. The number of fused-ring (bicyclic) bond motifs is 1. The van der Waals surface area contributed by atoms with Crippen molar-refractivity contribution in [3.63, 3.8) is 0 Å². The lowest BCUT2D eigenvalue weighted by Crippen LogP contribution is -2.44. The van der Waals surface area contributed by atoms with E-state index in [2.05, 4.69) is 18.7 Å². The number of benzene rings is 1. The second-order valence-electron chi connectivity index (χ2n) is 7.09. The number of ether oxygens (including phenoxy) is 1. The van der Waals surface area contributed by atoms with Crippen LogP contribution in [0.25, 0.3) is 0 Å². The minimum absolute atomic E-state index is 0.348. The summed E-state index contributed by atoms with van der Waals surface area (Å²) in [5.41, 5.74) is 2.29. The maximum atomic E-state index is 11.1. The molecule has 0 saturated heterocycles. The van der Waals surface area contributed by atoms with Crippen molar-refractivity contribution in [2.24, 2.45) is 0 Å². The summed E-state index contributed by atoms with van der Waals surface area (Å²) in [7, 11) is 0.0693. The first-order chi connectivity index (χ1) is 13.9. The molecule has 0 aromatic heterocycles. The minimum Gasteiger partial charge on any atom is -0.520 e. The summed E-state index contributed by atoms with van der Waals surface area (Å²) in [6.45, 7) is 6.33. The van der Waals surface area contributed by atoms with Crippen LogP contribution in [0.2, 0.25) is 18.6 Å². The average molecular weight is 441 g/mol. The Labute approximate surface area is 175 Å². The molecule has 1 aromatic rings. The Morgan fingerprint density at radius 1 is 1.24 bits per heavy atom. The molecule has 9 heteroatoms. The number of carbonyl (C=O) groups excluding carboxylic acids is 1. The molecule has 0 saturated carbocycles. The van der Waals surface area contributed by atoms with Gasteiger partial charge in [0.15, 0.2) is 0 Å². The van der Waals surface area contributed by atoms with Gasteiger partial charge in [0, 0.05) is 45.1 Å². The summed E-state index contributed by atoms with van der Waals surface area (Å²) in [4.78, 5) is 11.1. The molecule has 29 heavy (non-hydrogen) atoms. The third-order valence-electron chi connectivity index (χ3n) is 5.05. The van der Waals surface area contributed by atoms with Crippen molar-refractivity contribution in [2.75, 3.05) is 27.9 Å². The van der Waals surface area contributed by atoms with E-state index in [-0.39, 0.29) is 0 Å². The second kappa shape index (κ2) is 11.0. The van der Waals surface area contributed by atoms with Crippen molar-refractivity contribution in [1.82, 2.24) is 0 Å². The molecule has 2 rings (SSSR count). The van der Waals surface area contributed by atoms with E-state index in [1.807, 2.05) is 12.6 Å². The summed E-state index contributed by atoms with van der Waals surface area (Å²) in [5, 5.41) is 0. The Hall–Kier alpha value is -1.50. The first kappa shape index (κ1) is 23.8. The molecule has 7 nitrogen and oxygen atoms in total. The van der Waals surface area contributed by atoms with Gasteiger partial charge in [0.25, 0.3) is 0 Å². The van der Waals surface area contributed by atoms with Crippen LogP contribution in [0.3, 0.4) is 0 Å². The first-order valence-electron chi connectivity index (χ1n) is 9.78. The highest BCUT2D eigenvalue weighted by Crippen LogP contribution is 2.33. The lowest BCUT2D eigenvalue weighted by atomic mass is 10.1. The molecule has 0 spiro atoms. The average Bonchev–Trinajstić information content (AvgIpc) is 2.74. The molecule has 0 amide bonds. The van der Waals surface area contributed by atoms with E-state index in [0.717, 1.165) is 36.2 Å². The summed E-state index contributed by atoms with van der Waals surface area (Å²) < 4.78 is 33.8. The molecule has 0 bridgehead atoms. The number of hydrogen-bond acceptors (Lipinski definition) is 7. The molecule has 1 aromatic carbocycles. The van der Waals surface area contributed by atoms with Gasteiger partial charge < -0.3 is 26.9 Å². The van der Waals surface area contributed by atoms with E-state index in [4.69, 9.17) is 26.9 Å². The fraction of sp³-hybridized carbons (Fsp3) is 0.550. The van der Waals surface area contributed by atoms with Gasteiger partial charge >= 0.3 is 23.3 Å². The molecule has 1 heterocycles. The Morgan fingerprint density at radius 3 is 2.62 bits per heavy atom. The Balaban J connectivity index is 1.87. The zero-order chi connectivity index (χ0) is 21.3. The number of rotatable bonds is 12. The third kappa shape index (κ3) is 6.76. The van der Waals surface area contributed by atoms with Crippen molar-refractivity contribution in [3.8, 4) is 5.75 Å². The second-order valence-corrected chi connectivity index (χ2v) is 13.4. The maximum absolute atomic E-state index is 11.1. The predicted molar refractivity (Wildman–Crippen MR) is 114 cm³/mol. The van der Waals surface area contributed by atoms with Gasteiger partial charge in [0.2, 0.25) is 0 Å². The molecule has 162 valence electrons. The number of hydrogen-bond donors (Lipinski definition) is 0. The molecule has 0 aliphatic carbocycles. The molecule has 1 atom stereocenters. The number of esters is 1. The fourth-order valence-electron chi connectivity index (χ4n) is 3.31. The highest BCUT2D eigenvalue weighted by atomic mass is 28.4. The van der Waals surface area contributed by atoms with Gasteiger partial charge in [0.05, 0.1) is 13.2 Å². The highest BCUT2D eigenvalue weighted by Gasteiger charge is 2.38. The smallest absolute Gasteiger partial charge is 0.500 e. The monoisotopic (exact) mass is 440 g/mol. The zero-order valence-corrected chi connectivity index (χ0v) is 19.8. The third-order valence-corrected chi connectivity index (χ3v) is 10.6. The van der Waals surface area contributed by atoms with Crippen molar-refractivity contribution in [1.29, 1.82) is 0 Å². The lowest BCUT2D eigenvalue weighted by Gasteiger charge is -2.33. The van der Waals surface area contributed by atoms with E-state index in [9.17, 15) is 4.79 Å². The Morgan fingerprint density at radius 2 is 1.97 bits per heavy atom. The Kier molecular flexibility index (Phi) is 9.06.